The van der Waals surface area contributed by atoms with E-state index in [1.165, 1.54) is 17.2 Å². The molecule has 1 fully saturated rings. The summed E-state index contributed by atoms with van der Waals surface area (Å²) >= 11 is 0. The van der Waals surface area contributed by atoms with Gasteiger partial charge in [0.15, 0.2) is 15.5 Å². The van der Waals surface area contributed by atoms with Crippen molar-refractivity contribution >= 4 is 15.7 Å². The Kier molecular flexibility index (Phi) is 4.81. The highest BCUT2D eigenvalue weighted by Crippen LogP contribution is 2.30. The van der Waals surface area contributed by atoms with Gasteiger partial charge in [-0.1, -0.05) is 19.3 Å². The Labute approximate surface area is 130 Å². The Bertz CT molecular complexity index is 714. The number of aromatic nitrogens is 1. The molecule has 0 N–H and O–H groups in total. The number of hydrogen-bond donors (Lipinski definition) is 0. The third-order valence-electron chi connectivity index (χ3n) is 3.91. The molecular formula is C15H19N3O3S. The van der Waals surface area contributed by atoms with E-state index in [1.807, 2.05) is 6.07 Å². The highest BCUT2D eigenvalue weighted by atomic mass is 32.2. The van der Waals surface area contributed by atoms with Crippen LogP contribution < -0.4 is 0 Å². The standard InChI is InChI=1S/C15H19N3O3S/c1-18(2)15(19)11-8-14(13(9-16)17-10-11)22(20,21)12-6-4-3-5-7-12/h8,10,12H,3-7H2,1-2H3. The molecular weight excluding hydrogens is 302 g/mol. The zero-order valence-corrected chi connectivity index (χ0v) is 13.6. The van der Waals surface area contributed by atoms with Crippen LogP contribution in [0.3, 0.4) is 0 Å². The molecule has 1 aliphatic carbocycles. The summed E-state index contributed by atoms with van der Waals surface area (Å²) in [4.78, 5) is 17.1. The number of hydrogen-bond acceptors (Lipinski definition) is 5. The van der Waals surface area contributed by atoms with Gasteiger partial charge in [0.05, 0.1) is 10.8 Å². The van der Waals surface area contributed by atoms with Crippen LogP contribution in [0, 0.1) is 11.3 Å². The quantitative estimate of drug-likeness (QED) is 0.846. The number of nitriles is 1. The molecule has 0 saturated heterocycles. The molecule has 0 aromatic carbocycles. The Balaban J connectivity index is 2.50. The minimum Gasteiger partial charge on any atom is -0.345 e. The fourth-order valence-electron chi connectivity index (χ4n) is 2.68. The molecule has 22 heavy (non-hydrogen) atoms. The van der Waals surface area contributed by atoms with Crippen LogP contribution in [0.25, 0.3) is 0 Å². The van der Waals surface area contributed by atoms with E-state index < -0.39 is 15.1 Å². The molecule has 0 aliphatic heterocycles. The lowest BCUT2D eigenvalue weighted by Gasteiger charge is -2.22. The van der Waals surface area contributed by atoms with Crippen LogP contribution in [0.4, 0.5) is 0 Å². The lowest BCUT2D eigenvalue weighted by Crippen LogP contribution is -2.26. The van der Waals surface area contributed by atoms with Crippen LogP contribution in [-0.4, -0.2) is 43.6 Å². The zero-order valence-electron chi connectivity index (χ0n) is 12.7. The highest BCUT2D eigenvalue weighted by molar-refractivity contribution is 7.92. The third-order valence-corrected chi connectivity index (χ3v) is 6.18. The van der Waals surface area contributed by atoms with E-state index in [9.17, 15) is 13.2 Å². The van der Waals surface area contributed by atoms with Crippen molar-refractivity contribution in [2.75, 3.05) is 14.1 Å². The van der Waals surface area contributed by atoms with Crippen molar-refractivity contribution in [3.8, 4) is 6.07 Å². The average Bonchev–Trinajstić information content (AvgIpc) is 2.54. The van der Waals surface area contributed by atoms with Gasteiger partial charge in [0.25, 0.3) is 5.91 Å². The average molecular weight is 321 g/mol. The molecule has 0 spiro atoms. The smallest absolute Gasteiger partial charge is 0.254 e. The topological polar surface area (TPSA) is 91.1 Å². The van der Waals surface area contributed by atoms with Crippen LogP contribution in [0.1, 0.15) is 48.2 Å². The van der Waals surface area contributed by atoms with Crippen molar-refractivity contribution in [2.24, 2.45) is 0 Å². The number of carbonyl (C=O) groups is 1. The monoisotopic (exact) mass is 321 g/mol. The molecule has 0 radical (unpaired) electrons. The third kappa shape index (κ3) is 3.12. The van der Waals surface area contributed by atoms with Crippen molar-refractivity contribution < 1.29 is 13.2 Å². The molecule has 7 heteroatoms. The molecule has 0 atom stereocenters. The van der Waals surface area contributed by atoms with Gasteiger partial charge >= 0.3 is 0 Å². The number of amides is 1. The van der Waals surface area contributed by atoms with E-state index >= 15 is 0 Å². The molecule has 1 aromatic heterocycles. The number of carbonyl (C=O) groups excluding carboxylic acids is 1. The maximum absolute atomic E-state index is 12.8. The fraction of sp³-hybridized carbons (Fsp3) is 0.533. The molecule has 0 bridgehead atoms. The minimum atomic E-state index is -3.64. The number of nitrogens with zero attached hydrogens (tertiary/aromatic N) is 3. The second-order valence-electron chi connectivity index (χ2n) is 5.69. The Morgan fingerprint density at radius 1 is 1.32 bits per heavy atom. The first-order valence-corrected chi connectivity index (χ1v) is 8.78. The lowest BCUT2D eigenvalue weighted by molar-refractivity contribution is 0.0827. The normalized spacial score (nSPS) is 16.0. The summed E-state index contributed by atoms with van der Waals surface area (Å²) in [6, 6.07) is 3.11. The van der Waals surface area contributed by atoms with Crippen molar-refractivity contribution in [3.63, 3.8) is 0 Å². The fourth-order valence-corrected chi connectivity index (χ4v) is 4.65. The Morgan fingerprint density at radius 2 is 1.95 bits per heavy atom. The lowest BCUT2D eigenvalue weighted by atomic mass is 10.0. The van der Waals surface area contributed by atoms with E-state index in [0.717, 1.165) is 19.3 Å². The largest absolute Gasteiger partial charge is 0.345 e. The van der Waals surface area contributed by atoms with E-state index in [1.54, 1.807) is 14.1 Å². The van der Waals surface area contributed by atoms with Crippen LogP contribution in [0.5, 0.6) is 0 Å². The molecule has 1 heterocycles. The van der Waals surface area contributed by atoms with Gasteiger partial charge in [-0.3, -0.25) is 4.79 Å². The van der Waals surface area contributed by atoms with E-state index in [4.69, 9.17) is 5.26 Å². The van der Waals surface area contributed by atoms with E-state index in [-0.39, 0.29) is 22.1 Å². The van der Waals surface area contributed by atoms with Gasteiger partial charge in [0.2, 0.25) is 0 Å². The van der Waals surface area contributed by atoms with Gasteiger partial charge in [0.1, 0.15) is 11.0 Å². The summed E-state index contributed by atoms with van der Waals surface area (Å²) in [6.45, 7) is 0. The van der Waals surface area contributed by atoms with Crippen LogP contribution in [-0.2, 0) is 9.84 Å². The molecule has 1 saturated carbocycles. The predicted molar refractivity (Wildman–Crippen MR) is 81.0 cm³/mol. The van der Waals surface area contributed by atoms with Gasteiger partial charge in [-0.2, -0.15) is 5.26 Å². The van der Waals surface area contributed by atoms with Gasteiger partial charge in [0, 0.05) is 20.3 Å². The number of pyridine rings is 1. The minimum absolute atomic E-state index is 0.116. The van der Waals surface area contributed by atoms with Crippen molar-refractivity contribution in [1.29, 1.82) is 5.26 Å². The van der Waals surface area contributed by atoms with Gasteiger partial charge in [-0.15, -0.1) is 0 Å². The SMILES string of the molecule is CN(C)C(=O)c1cnc(C#N)c(S(=O)(=O)C2CCCCC2)c1. The van der Waals surface area contributed by atoms with Gasteiger partial charge in [-0.05, 0) is 18.9 Å². The Morgan fingerprint density at radius 3 is 2.50 bits per heavy atom. The van der Waals surface area contributed by atoms with E-state index in [2.05, 4.69) is 4.98 Å². The highest BCUT2D eigenvalue weighted by Gasteiger charge is 2.32. The molecule has 6 nitrogen and oxygen atoms in total. The second kappa shape index (κ2) is 6.44. The molecule has 2 rings (SSSR count). The predicted octanol–water partition coefficient (Wildman–Crippen LogP) is 1.76. The van der Waals surface area contributed by atoms with Crippen molar-refractivity contribution in [1.82, 2.24) is 9.88 Å². The van der Waals surface area contributed by atoms with E-state index in [0.29, 0.717) is 12.8 Å². The number of sulfone groups is 1. The summed E-state index contributed by atoms with van der Waals surface area (Å²) in [5, 5.41) is 8.66. The molecule has 1 aromatic rings. The van der Waals surface area contributed by atoms with Gasteiger partial charge in [-0.25, -0.2) is 13.4 Å². The summed E-state index contributed by atoms with van der Waals surface area (Å²) in [7, 11) is -0.484. The molecule has 118 valence electrons. The van der Waals surface area contributed by atoms with Crippen LogP contribution in [0.2, 0.25) is 0 Å². The maximum atomic E-state index is 12.8. The Hall–Kier alpha value is -1.94. The second-order valence-corrected chi connectivity index (χ2v) is 7.88. The summed E-state index contributed by atoms with van der Waals surface area (Å²) < 4.78 is 25.6. The first kappa shape index (κ1) is 16.4. The van der Waals surface area contributed by atoms with Gasteiger partial charge < -0.3 is 4.90 Å². The maximum Gasteiger partial charge on any atom is 0.254 e. The van der Waals surface area contributed by atoms with Crippen LogP contribution >= 0.6 is 0 Å². The molecule has 1 amide bonds. The molecule has 1 aliphatic rings. The first-order valence-electron chi connectivity index (χ1n) is 7.23. The van der Waals surface area contributed by atoms with Crippen molar-refractivity contribution in [2.45, 2.75) is 42.2 Å². The molecule has 0 unspecified atom stereocenters. The van der Waals surface area contributed by atoms with Crippen molar-refractivity contribution in [3.05, 3.63) is 23.5 Å². The summed E-state index contributed by atoms with van der Waals surface area (Å²) in [5.74, 6) is -0.336. The zero-order chi connectivity index (χ0) is 16.3. The summed E-state index contributed by atoms with van der Waals surface area (Å²) in [5.41, 5.74) is 0.0410. The number of rotatable bonds is 3. The van der Waals surface area contributed by atoms with Crippen LogP contribution in [0.15, 0.2) is 17.2 Å². The first-order chi connectivity index (χ1) is 10.4. The summed E-state index contributed by atoms with van der Waals surface area (Å²) in [6.07, 6.45) is 5.22.